The Morgan fingerprint density at radius 3 is 2.54 bits per heavy atom. The lowest BCUT2D eigenvalue weighted by Crippen LogP contribution is -2.06. The van der Waals surface area contributed by atoms with Gasteiger partial charge in [0.15, 0.2) is 0 Å². The fourth-order valence-electron chi connectivity index (χ4n) is 0.681. The van der Waals surface area contributed by atoms with E-state index in [1.165, 1.54) is 18.2 Å². The first-order chi connectivity index (χ1) is 5.88. The molecular formula is C6H6ClNO4S. The summed E-state index contributed by atoms with van der Waals surface area (Å²) in [6.07, 6.45) is 0. The molecule has 0 spiro atoms. The van der Waals surface area contributed by atoms with Crippen LogP contribution in [0.4, 0.5) is 5.69 Å². The van der Waals surface area contributed by atoms with Crippen molar-refractivity contribution in [3.8, 4) is 5.75 Å². The molecule has 1 aromatic carbocycles. The molecule has 0 saturated heterocycles. The van der Waals surface area contributed by atoms with Gasteiger partial charge in [-0.15, -0.1) is 0 Å². The molecule has 0 aromatic heterocycles. The summed E-state index contributed by atoms with van der Waals surface area (Å²) >= 11 is 5.56. The van der Waals surface area contributed by atoms with Crippen LogP contribution in [0.1, 0.15) is 0 Å². The van der Waals surface area contributed by atoms with Crippen LogP contribution in [0.25, 0.3) is 0 Å². The highest BCUT2D eigenvalue weighted by atomic mass is 35.5. The van der Waals surface area contributed by atoms with Crippen molar-refractivity contribution in [1.82, 2.24) is 0 Å². The van der Waals surface area contributed by atoms with Gasteiger partial charge in [-0.05, 0) is 12.1 Å². The van der Waals surface area contributed by atoms with E-state index in [0.29, 0.717) is 5.69 Å². The molecule has 0 atom stereocenters. The Morgan fingerprint density at radius 1 is 1.46 bits per heavy atom. The number of rotatable bonds is 2. The molecule has 7 heteroatoms. The van der Waals surface area contributed by atoms with Crippen LogP contribution in [-0.2, 0) is 10.4 Å². The molecule has 72 valence electrons. The van der Waals surface area contributed by atoms with Gasteiger partial charge in [-0.1, -0.05) is 11.6 Å². The number of hydrogen-bond donors (Lipinski definition) is 2. The fourth-order valence-corrected chi connectivity index (χ4v) is 1.20. The third kappa shape index (κ3) is 3.10. The van der Waals surface area contributed by atoms with E-state index in [1.807, 2.05) is 0 Å². The summed E-state index contributed by atoms with van der Waals surface area (Å²) in [6.45, 7) is 0. The first-order valence-electron chi connectivity index (χ1n) is 3.10. The smallest absolute Gasteiger partial charge is 0.398 e. The average molecular weight is 224 g/mol. The van der Waals surface area contributed by atoms with E-state index in [4.69, 9.17) is 21.9 Å². The molecule has 0 bridgehead atoms. The zero-order valence-electron chi connectivity index (χ0n) is 6.27. The van der Waals surface area contributed by atoms with Gasteiger partial charge in [0.05, 0.1) is 10.7 Å². The van der Waals surface area contributed by atoms with Crippen molar-refractivity contribution < 1.29 is 17.2 Å². The van der Waals surface area contributed by atoms with Gasteiger partial charge in [0.2, 0.25) is 0 Å². The third-order valence-corrected chi connectivity index (χ3v) is 1.90. The van der Waals surface area contributed by atoms with Crippen molar-refractivity contribution in [2.24, 2.45) is 0 Å². The van der Waals surface area contributed by atoms with Gasteiger partial charge in [-0.2, -0.15) is 8.42 Å². The summed E-state index contributed by atoms with van der Waals surface area (Å²) in [4.78, 5) is 0. The van der Waals surface area contributed by atoms with E-state index in [1.54, 1.807) is 0 Å². The van der Waals surface area contributed by atoms with Gasteiger partial charge >= 0.3 is 10.4 Å². The van der Waals surface area contributed by atoms with Crippen molar-refractivity contribution >= 4 is 27.7 Å². The normalized spacial score (nSPS) is 11.2. The molecule has 0 saturated carbocycles. The van der Waals surface area contributed by atoms with Crippen LogP contribution in [0, 0.1) is 0 Å². The molecule has 0 fully saturated rings. The third-order valence-electron chi connectivity index (χ3n) is 1.17. The van der Waals surface area contributed by atoms with Gasteiger partial charge in [-0.25, -0.2) is 0 Å². The van der Waals surface area contributed by atoms with Gasteiger partial charge in [0.25, 0.3) is 0 Å². The molecule has 0 aliphatic carbocycles. The van der Waals surface area contributed by atoms with Crippen LogP contribution in [0.15, 0.2) is 18.2 Å². The summed E-state index contributed by atoms with van der Waals surface area (Å²) < 4.78 is 32.9. The lowest BCUT2D eigenvalue weighted by atomic mass is 10.3. The Kier molecular flexibility index (Phi) is 2.65. The Morgan fingerprint density at radius 2 is 2.08 bits per heavy atom. The Hall–Kier alpha value is -0.980. The van der Waals surface area contributed by atoms with E-state index in [-0.39, 0.29) is 10.8 Å². The lowest BCUT2D eigenvalue weighted by molar-refractivity contribution is 0.387. The van der Waals surface area contributed by atoms with Crippen LogP contribution >= 0.6 is 11.6 Å². The fraction of sp³-hybridized carbons (Fsp3) is 0. The van der Waals surface area contributed by atoms with Gasteiger partial charge in [-0.3, -0.25) is 4.55 Å². The highest BCUT2D eigenvalue weighted by Gasteiger charge is 2.07. The monoisotopic (exact) mass is 223 g/mol. The van der Waals surface area contributed by atoms with Crippen LogP contribution < -0.4 is 9.92 Å². The second kappa shape index (κ2) is 3.41. The Balaban J connectivity index is 2.99. The molecule has 5 nitrogen and oxygen atoms in total. The van der Waals surface area contributed by atoms with Gasteiger partial charge < -0.3 is 9.92 Å². The predicted molar refractivity (Wildman–Crippen MR) is 48.0 cm³/mol. The molecule has 0 aliphatic heterocycles. The number of halogens is 1. The number of nitrogen functional groups attached to an aromatic ring is 1. The molecular weight excluding hydrogens is 218 g/mol. The standard InChI is InChI=1S/C6H6ClNO4S/c7-5-3-4(1-2-6(5)8)12-13(9,10)11/h1-3H,8H2,(H,9,10,11). The van der Waals surface area contributed by atoms with Crippen molar-refractivity contribution in [1.29, 1.82) is 0 Å². The number of hydrogen-bond acceptors (Lipinski definition) is 4. The second-order valence-electron chi connectivity index (χ2n) is 2.19. The summed E-state index contributed by atoms with van der Waals surface area (Å²) in [5.74, 6) is -0.0956. The molecule has 13 heavy (non-hydrogen) atoms. The first-order valence-corrected chi connectivity index (χ1v) is 4.85. The molecule has 1 rings (SSSR count). The number of anilines is 1. The summed E-state index contributed by atoms with van der Waals surface area (Å²) in [6, 6.07) is 3.82. The molecule has 3 N–H and O–H groups in total. The molecule has 0 aliphatic rings. The van der Waals surface area contributed by atoms with Crippen molar-refractivity contribution in [2.45, 2.75) is 0 Å². The molecule has 0 unspecified atom stereocenters. The Labute approximate surface area is 80.0 Å². The first kappa shape index (κ1) is 10.1. The maximum atomic E-state index is 10.3. The van der Waals surface area contributed by atoms with Crippen molar-refractivity contribution in [2.75, 3.05) is 5.73 Å². The van der Waals surface area contributed by atoms with Crippen LogP contribution in [0.2, 0.25) is 5.02 Å². The summed E-state index contributed by atoms with van der Waals surface area (Å²) in [7, 11) is -4.51. The van der Waals surface area contributed by atoms with Crippen LogP contribution in [-0.4, -0.2) is 13.0 Å². The zero-order chi connectivity index (χ0) is 10.1. The van der Waals surface area contributed by atoms with Crippen molar-refractivity contribution in [3.05, 3.63) is 23.2 Å². The zero-order valence-corrected chi connectivity index (χ0v) is 7.84. The molecule has 0 heterocycles. The van der Waals surface area contributed by atoms with Gasteiger partial charge in [0, 0.05) is 6.07 Å². The average Bonchev–Trinajstić information content (AvgIpc) is 1.94. The van der Waals surface area contributed by atoms with Crippen LogP contribution in [0.5, 0.6) is 5.75 Å². The second-order valence-corrected chi connectivity index (χ2v) is 3.62. The predicted octanol–water partition coefficient (Wildman–Crippen LogP) is 1.10. The van der Waals surface area contributed by atoms with E-state index >= 15 is 0 Å². The van der Waals surface area contributed by atoms with E-state index in [0.717, 1.165) is 0 Å². The molecule has 1 aromatic rings. The van der Waals surface area contributed by atoms with E-state index in [2.05, 4.69) is 4.18 Å². The molecule has 0 amide bonds. The minimum atomic E-state index is -4.51. The SMILES string of the molecule is Nc1ccc(OS(=O)(=O)O)cc1Cl. The maximum Gasteiger partial charge on any atom is 0.446 e. The minimum Gasteiger partial charge on any atom is -0.398 e. The Bertz CT molecular complexity index is 417. The van der Waals surface area contributed by atoms with Crippen molar-refractivity contribution in [3.63, 3.8) is 0 Å². The lowest BCUT2D eigenvalue weighted by Gasteiger charge is -2.02. The number of nitrogens with two attached hydrogens (primary N) is 1. The minimum absolute atomic E-state index is 0.0956. The van der Waals surface area contributed by atoms with E-state index < -0.39 is 10.4 Å². The van der Waals surface area contributed by atoms with Crippen LogP contribution in [0.3, 0.4) is 0 Å². The van der Waals surface area contributed by atoms with Gasteiger partial charge in [0.1, 0.15) is 5.75 Å². The maximum absolute atomic E-state index is 10.3. The topological polar surface area (TPSA) is 89.6 Å². The highest BCUT2D eigenvalue weighted by Crippen LogP contribution is 2.24. The highest BCUT2D eigenvalue weighted by molar-refractivity contribution is 7.81. The quantitative estimate of drug-likeness (QED) is 0.579. The largest absolute Gasteiger partial charge is 0.446 e. The summed E-state index contributed by atoms with van der Waals surface area (Å²) in [5.41, 5.74) is 5.65. The summed E-state index contributed by atoms with van der Waals surface area (Å²) in [5, 5.41) is 0.154. The van der Waals surface area contributed by atoms with E-state index in [9.17, 15) is 8.42 Å². The molecule has 0 radical (unpaired) electrons. The number of benzene rings is 1.